The molecule has 1 saturated heterocycles. The van der Waals surface area contributed by atoms with E-state index >= 15 is 0 Å². The number of methoxy groups -OCH3 is 1. The molecule has 0 aromatic heterocycles. The van der Waals surface area contributed by atoms with Crippen LogP contribution in [0.1, 0.15) is 16.8 Å². The lowest BCUT2D eigenvalue weighted by Gasteiger charge is -2.13. The van der Waals surface area contributed by atoms with Gasteiger partial charge in [0.05, 0.1) is 18.6 Å². The van der Waals surface area contributed by atoms with Gasteiger partial charge in [-0.2, -0.15) is 0 Å². The summed E-state index contributed by atoms with van der Waals surface area (Å²) in [5.41, 5.74) is 0.401. The van der Waals surface area contributed by atoms with Crippen molar-refractivity contribution < 1.29 is 27.5 Å². The van der Waals surface area contributed by atoms with Crippen molar-refractivity contribution in [3.8, 4) is 11.5 Å². The van der Waals surface area contributed by atoms with Crippen LogP contribution in [0.15, 0.2) is 18.2 Å². The van der Waals surface area contributed by atoms with Gasteiger partial charge >= 0.3 is 0 Å². The summed E-state index contributed by atoms with van der Waals surface area (Å²) in [5, 5.41) is 2.62. The van der Waals surface area contributed by atoms with Crippen LogP contribution in [0.4, 0.5) is 0 Å². The summed E-state index contributed by atoms with van der Waals surface area (Å²) in [7, 11) is -1.59. The standard InChI is InChI=1S/C14H17NO6S/c1-20-12-3-2-10(7-16)6-13(12)21-8-14(17)15-11-4-5-22(18,19)9-11/h2-3,6-7,11H,4-5,8-9H2,1H3,(H,15,17)/t11-/m1/s1. The Morgan fingerprint density at radius 1 is 1.41 bits per heavy atom. The second-order valence-electron chi connectivity index (χ2n) is 4.98. The highest BCUT2D eigenvalue weighted by Gasteiger charge is 2.28. The normalized spacial score (nSPS) is 19.4. The van der Waals surface area contributed by atoms with Crippen LogP contribution in [-0.2, 0) is 14.6 Å². The van der Waals surface area contributed by atoms with Crippen LogP contribution >= 0.6 is 0 Å². The fraction of sp³-hybridized carbons (Fsp3) is 0.429. The number of nitrogens with one attached hydrogen (secondary N) is 1. The minimum Gasteiger partial charge on any atom is -0.493 e. The van der Waals surface area contributed by atoms with E-state index in [1.807, 2.05) is 0 Å². The van der Waals surface area contributed by atoms with Gasteiger partial charge in [-0.15, -0.1) is 0 Å². The second kappa shape index (κ2) is 6.78. The maximum atomic E-state index is 11.8. The molecular weight excluding hydrogens is 310 g/mol. The lowest BCUT2D eigenvalue weighted by molar-refractivity contribution is -0.123. The van der Waals surface area contributed by atoms with Crippen molar-refractivity contribution in [3.05, 3.63) is 23.8 Å². The second-order valence-corrected chi connectivity index (χ2v) is 7.21. The number of rotatable bonds is 6. The SMILES string of the molecule is COc1ccc(C=O)cc1OCC(=O)N[C@@H]1CCS(=O)(=O)C1. The van der Waals surface area contributed by atoms with Crippen molar-refractivity contribution >= 4 is 22.0 Å². The summed E-state index contributed by atoms with van der Waals surface area (Å²) in [5.74, 6) is 0.320. The summed E-state index contributed by atoms with van der Waals surface area (Å²) in [4.78, 5) is 22.6. The number of aldehydes is 1. The third-order valence-electron chi connectivity index (χ3n) is 3.28. The molecule has 1 aliphatic heterocycles. The molecule has 1 aromatic rings. The molecule has 1 fully saturated rings. The first kappa shape index (κ1) is 16.3. The smallest absolute Gasteiger partial charge is 0.258 e. The fourth-order valence-electron chi connectivity index (χ4n) is 2.20. The lowest BCUT2D eigenvalue weighted by atomic mass is 10.2. The van der Waals surface area contributed by atoms with E-state index in [0.29, 0.717) is 24.0 Å². The number of carbonyl (C=O) groups excluding carboxylic acids is 2. The molecule has 0 spiro atoms. The van der Waals surface area contributed by atoms with Gasteiger partial charge < -0.3 is 14.8 Å². The summed E-state index contributed by atoms with van der Waals surface area (Å²) >= 11 is 0. The number of hydrogen-bond acceptors (Lipinski definition) is 6. The summed E-state index contributed by atoms with van der Waals surface area (Å²) in [6, 6.07) is 4.24. The van der Waals surface area contributed by atoms with E-state index in [4.69, 9.17) is 9.47 Å². The average molecular weight is 327 g/mol. The Balaban J connectivity index is 1.92. The van der Waals surface area contributed by atoms with E-state index in [0.717, 1.165) is 0 Å². The molecular formula is C14H17NO6S. The molecule has 120 valence electrons. The zero-order chi connectivity index (χ0) is 16.2. The largest absolute Gasteiger partial charge is 0.493 e. The molecule has 1 atom stereocenters. The number of benzene rings is 1. The third-order valence-corrected chi connectivity index (χ3v) is 5.05. The Kier molecular flexibility index (Phi) is 5.02. The fourth-order valence-corrected chi connectivity index (χ4v) is 3.87. The molecule has 0 radical (unpaired) electrons. The quantitative estimate of drug-likeness (QED) is 0.749. The molecule has 1 amide bonds. The highest BCUT2D eigenvalue weighted by molar-refractivity contribution is 7.91. The number of amides is 1. The van der Waals surface area contributed by atoms with Crippen LogP contribution in [0.25, 0.3) is 0 Å². The Hall–Kier alpha value is -2.09. The van der Waals surface area contributed by atoms with Gasteiger partial charge in [-0.25, -0.2) is 8.42 Å². The molecule has 0 aliphatic carbocycles. The van der Waals surface area contributed by atoms with Gasteiger partial charge in [0.25, 0.3) is 5.91 Å². The average Bonchev–Trinajstić information content (AvgIpc) is 2.83. The molecule has 1 N–H and O–H groups in total. The first-order chi connectivity index (χ1) is 10.4. The van der Waals surface area contributed by atoms with E-state index in [2.05, 4.69) is 5.32 Å². The molecule has 1 heterocycles. The predicted molar refractivity (Wildman–Crippen MR) is 79.1 cm³/mol. The molecule has 0 bridgehead atoms. The highest BCUT2D eigenvalue weighted by Crippen LogP contribution is 2.27. The zero-order valence-electron chi connectivity index (χ0n) is 12.1. The van der Waals surface area contributed by atoms with E-state index in [9.17, 15) is 18.0 Å². The van der Waals surface area contributed by atoms with Crippen LogP contribution in [0.2, 0.25) is 0 Å². The first-order valence-corrected chi connectivity index (χ1v) is 8.51. The monoisotopic (exact) mass is 327 g/mol. The maximum Gasteiger partial charge on any atom is 0.258 e. The lowest BCUT2D eigenvalue weighted by Crippen LogP contribution is -2.38. The Labute approximate surface area is 128 Å². The molecule has 8 heteroatoms. The van der Waals surface area contributed by atoms with Crippen molar-refractivity contribution in [2.45, 2.75) is 12.5 Å². The van der Waals surface area contributed by atoms with Gasteiger partial charge in [-0.05, 0) is 24.6 Å². The van der Waals surface area contributed by atoms with Crippen LogP contribution in [0.3, 0.4) is 0 Å². The van der Waals surface area contributed by atoms with Crippen molar-refractivity contribution in [2.24, 2.45) is 0 Å². The van der Waals surface area contributed by atoms with E-state index in [1.54, 1.807) is 12.1 Å². The molecule has 7 nitrogen and oxygen atoms in total. The molecule has 0 unspecified atom stereocenters. The van der Waals surface area contributed by atoms with Crippen molar-refractivity contribution in [1.29, 1.82) is 0 Å². The van der Waals surface area contributed by atoms with Crippen molar-refractivity contribution in [3.63, 3.8) is 0 Å². The highest BCUT2D eigenvalue weighted by atomic mass is 32.2. The summed E-state index contributed by atoms with van der Waals surface area (Å²) < 4.78 is 33.1. The molecule has 1 aliphatic rings. The summed E-state index contributed by atoms with van der Waals surface area (Å²) in [6.07, 6.45) is 1.08. The number of ether oxygens (including phenoxy) is 2. The molecule has 1 aromatic carbocycles. The number of sulfone groups is 1. The van der Waals surface area contributed by atoms with Crippen LogP contribution in [-0.4, -0.2) is 51.9 Å². The molecule has 22 heavy (non-hydrogen) atoms. The predicted octanol–water partition coefficient (Wildman–Crippen LogP) is 0.190. The third kappa shape index (κ3) is 4.20. The van der Waals surface area contributed by atoms with Crippen LogP contribution in [0.5, 0.6) is 11.5 Å². The first-order valence-electron chi connectivity index (χ1n) is 6.69. The van der Waals surface area contributed by atoms with Gasteiger partial charge in [0.15, 0.2) is 27.9 Å². The Morgan fingerprint density at radius 2 is 2.18 bits per heavy atom. The maximum absolute atomic E-state index is 11.8. The topological polar surface area (TPSA) is 98.8 Å². The minimum absolute atomic E-state index is 0.0390. The van der Waals surface area contributed by atoms with Gasteiger partial charge in [0.1, 0.15) is 6.29 Å². The summed E-state index contributed by atoms with van der Waals surface area (Å²) in [6.45, 7) is -0.283. The minimum atomic E-state index is -3.04. The van der Waals surface area contributed by atoms with E-state index in [1.165, 1.54) is 13.2 Å². The van der Waals surface area contributed by atoms with Crippen molar-refractivity contribution in [1.82, 2.24) is 5.32 Å². The van der Waals surface area contributed by atoms with Gasteiger partial charge in [0, 0.05) is 11.6 Å². The van der Waals surface area contributed by atoms with Gasteiger partial charge in [-0.1, -0.05) is 0 Å². The molecule has 0 saturated carbocycles. The number of carbonyl (C=O) groups is 2. The Morgan fingerprint density at radius 3 is 2.77 bits per heavy atom. The zero-order valence-corrected chi connectivity index (χ0v) is 12.9. The molecule has 2 rings (SSSR count). The van der Waals surface area contributed by atoms with Crippen LogP contribution in [0, 0.1) is 0 Å². The van der Waals surface area contributed by atoms with E-state index < -0.39 is 15.7 Å². The van der Waals surface area contributed by atoms with Gasteiger partial charge in [0.2, 0.25) is 0 Å². The number of hydrogen-bond donors (Lipinski definition) is 1. The van der Waals surface area contributed by atoms with E-state index in [-0.39, 0.29) is 29.9 Å². The van der Waals surface area contributed by atoms with Gasteiger partial charge in [-0.3, -0.25) is 9.59 Å². The van der Waals surface area contributed by atoms with Crippen molar-refractivity contribution in [2.75, 3.05) is 25.2 Å². The Bertz CT molecular complexity index is 670. The van der Waals surface area contributed by atoms with Crippen LogP contribution < -0.4 is 14.8 Å².